The summed E-state index contributed by atoms with van der Waals surface area (Å²) in [6.07, 6.45) is 0. The number of benzene rings is 3. The number of para-hydroxylation sites is 1. The molecule has 2 N–H and O–H groups in total. The quantitative estimate of drug-likeness (QED) is 0.320. The van der Waals surface area contributed by atoms with Gasteiger partial charge < -0.3 is 5.32 Å². The van der Waals surface area contributed by atoms with Gasteiger partial charge in [-0.2, -0.15) is 0 Å². The number of thioether (sulfide) groups is 1. The van der Waals surface area contributed by atoms with E-state index in [0.717, 1.165) is 17.3 Å². The van der Waals surface area contributed by atoms with Gasteiger partial charge in [-0.15, -0.1) is 0 Å². The van der Waals surface area contributed by atoms with Gasteiger partial charge in [0, 0.05) is 11.6 Å². The smallest absolute Gasteiger partial charge is 0.321 e. The molecule has 1 aromatic heterocycles. The molecule has 166 valence electrons. The summed E-state index contributed by atoms with van der Waals surface area (Å²) in [6.45, 7) is 0.299. The molecular formula is C24H19ClN4O3S. The molecule has 0 bridgehead atoms. The van der Waals surface area contributed by atoms with Gasteiger partial charge in [-0.25, -0.2) is 9.78 Å². The molecule has 0 aliphatic rings. The van der Waals surface area contributed by atoms with E-state index in [4.69, 9.17) is 11.6 Å². The average molecular weight is 479 g/mol. The number of carbonyl (C=O) groups excluding carboxylic acids is 2. The van der Waals surface area contributed by atoms with Gasteiger partial charge in [0.1, 0.15) is 0 Å². The van der Waals surface area contributed by atoms with Gasteiger partial charge >= 0.3 is 6.03 Å². The first-order chi connectivity index (χ1) is 16.0. The van der Waals surface area contributed by atoms with Crippen LogP contribution in [0.1, 0.15) is 5.56 Å². The van der Waals surface area contributed by atoms with E-state index >= 15 is 0 Å². The van der Waals surface area contributed by atoms with Crippen molar-refractivity contribution in [1.82, 2.24) is 20.2 Å². The Kier molecular flexibility index (Phi) is 7.07. The lowest BCUT2D eigenvalue weighted by atomic mass is 10.2. The van der Waals surface area contributed by atoms with E-state index in [1.165, 1.54) is 4.57 Å². The molecule has 0 aliphatic heterocycles. The molecule has 0 saturated heterocycles. The number of nitrogens with zero attached hydrogens (tertiary/aromatic N) is 2. The number of aromatic nitrogens is 2. The summed E-state index contributed by atoms with van der Waals surface area (Å²) in [4.78, 5) is 42.2. The first kappa shape index (κ1) is 22.6. The van der Waals surface area contributed by atoms with Crippen LogP contribution in [0.5, 0.6) is 0 Å². The van der Waals surface area contributed by atoms with Crippen LogP contribution in [-0.4, -0.2) is 27.2 Å². The number of rotatable bonds is 6. The number of fused-ring (bicyclic) bond motifs is 1. The summed E-state index contributed by atoms with van der Waals surface area (Å²) in [6, 6.07) is 22.6. The minimum atomic E-state index is -0.594. The maximum absolute atomic E-state index is 13.2. The minimum absolute atomic E-state index is 0.107. The fraction of sp³-hybridized carbons (Fsp3) is 0.0833. The average Bonchev–Trinajstić information content (AvgIpc) is 2.82. The topological polar surface area (TPSA) is 93.1 Å². The van der Waals surface area contributed by atoms with Crippen LogP contribution in [0, 0.1) is 0 Å². The largest absolute Gasteiger partial charge is 0.334 e. The summed E-state index contributed by atoms with van der Waals surface area (Å²) in [7, 11) is 0. The van der Waals surface area contributed by atoms with Crippen molar-refractivity contribution in [2.45, 2.75) is 11.7 Å². The van der Waals surface area contributed by atoms with Gasteiger partial charge in [-0.1, -0.05) is 71.9 Å². The zero-order valence-corrected chi connectivity index (χ0v) is 18.9. The predicted molar refractivity (Wildman–Crippen MR) is 130 cm³/mol. The van der Waals surface area contributed by atoms with Gasteiger partial charge in [-0.3, -0.25) is 19.5 Å². The van der Waals surface area contributed by atoms with Gasteiger partial charge in [0.15, 0.2) is 5.16 Å². The lowest BCUT2D eigenvalue weighted by Crippen LogP contribution is -2.40. The molecule has 3 aromatic carbocycles. The van der Waals surface area contributed by atoms with E-state index in [1.807, 2.05) is 30.3 Å². The second-order valence-electron chi connectivity index (χ2n) is 7.04. The van der Waals surface area contributed by atoms with E-state index in [-0.39, 0.29) is 11.3 Å². The van der Waals surface area contributed by atoms with Crippen LogP contribution in [0.25, 0.3) is 16.6 Å². The van der Waals surface area contributed by atoms with Crippen molar-refractivity contribution >= 4 is 46.2 Å². The molecule has 33 heavy (non-hydrogen) atoms. The Morgan fingerprint density at radius 3 is 2.52 bits per heavy atom. The predicted octanol–water partition coefficient (Wildman–Crippen LogP) is 4.16. The Bertz CT molecular complexity index is 1380. The van der Waals surface area contributed by atoms with Crippen LogP contribution < -0.4 is 16.2 Å². The molecule has 1 heterocycles. The molecule has 4 rings (SSSR count). The summed E-state index contributed by atoms with van der Waals surface area (Å²) >= 11 is 7.18. The third-order valence-electron chi connectivity index (χ3n) is 4.69. The zero-order chi connectivity index (χ0) is 23.2. The monoisotopic (exact) mass is 478 g/mol. The summed E-state index contributed by atoms with van der Waals surface area (Å²) in [5.74, 6) is -0.616. The van der Waals surface area contributed by atoms with Gasteiger partial charge in [0.2, 0.25) is 5.91 Å². The van der Waals surface area contributed by atoms with Crippen LogP contribution in [-0.2, 0) is 11.3 Å². The molecule has 3 amide bonds. The van der Waals surface area contributed by atoms with Gasteiger partial charge in [-0.05, 0) is 35.9 Å². The second-order valence-corrected chi connectivity index (χ2v) is 8.42. The molecule has 0 radical (unpaired) electrons. The summed E-state index contributed by atoms with van der Waals surface area (Å²) in [5, 5.41) is 6.17. The Morgan fingerprint density at radius 2 is 1.73 bits per heavy atom. The first-order valence-electron chi connectivity index (χ1n) is 10.0. The number of carbonyl (C=O) groups is 2. The highest BCUT2D eigenvalue weighted by Gasteiger charge is 2.16. The normalized spacial score (nSPS) is 10.7. The number of halogens is 1. The second kappa shape index (κ2) is 10.3. The zero-order valence-electron chi connectivity index (χ0n) is 17.3. The van der Waals surface area contributed by atoms with Crippen molar-refractivity contribution in [2.75, 3.05) is 5.75 Å². The maximum Gasteiger partial charge on any atom is 0.321 e. The lowest BCUT2D eigenvalue weighted by molar-refractivity contribution is -0.117. The molecule has 9 heteroatoms. The van der Waals surface area contributed by atoms with Crippen LogP contribution in [0.3, 0.4) is 0 Å². The summed E-state index contributed by atoms with van der Waals surface area (Å²) in [5.41, 5.74) is 1.70. The van der Waals surface area contributed by atoms with Crippen LogP contribution in [0.4, 0.5) is 4.79 Å². The number of amides is 3. The van der Waals surface area contributed by atoms with Crippen molar-refractivity contribution < 1.29 is 9.59 Å². The number of hydrogen-bond donors (Lipinski definition) is 2. The Morgan fingerprint density at radius 1 is 0.970 bits per heavy atom. The number of hydrogen-bond acceptors (Lipinski definition) is 5. The molecule has 7 nitrogen and oxygen atoms in total. The van der Waals surface area contributed by atoms with Crippen LogP contribution in [0.2, 0.25) is 5.02 Å². The molecular weight excluding hydrogens is 460 g/mol. The van der Waals surface area contributed by atoms with Crippen molar-refractivity contribution in [3.63, 3.8) is 0 Å². The highest BCUT2D eigenvalue weighted by molar-refractivity contribution is 7.99. The van der Waals surface area contributed by atoms with E-state index in [2.05, 4.69) is 15.6 Å². The SMILES string of the molecule is O=C(CSc1nc2ccccc2c(=O)n1-c1cccc(Cl)c1)NC(=O)NCc1ccccc1. The van der Waals surface area contributed by atoms with E-state index in [0.29, 0.717) is 33.3 Å². The highest BCUT2D eigenvalue weighted by Crippen LogP contribution is 2.22. The molecule has 0 unspecified atom stereocenters. The molecule has 0 spiro atoms. The molecule has 0 saturated carbocycles. The number of nitrogens with one attached hydrogen (secondary N) is 2. The molecule has 0 aliphatic carbocycles. The Balaban J connectivity index is 1.51. The van der Waals surface area contributed by atoms with Crippen LogP contribution >= 0.6 is 23.4 Å². The Labute approximate surface area is 198 Å². The first-order valence-corrected chi connectivity index (χ1v) is 11.4. The maximum atomic E-state index is 13.2. The van der Waals surface area contributed by atoms with Crippen molar-refractivity contribution in [3.05, 3.63) is 99.8 Å². The molecule has 0 fully saturated rings. The number of imide groups is 1. The fourth-order valence-electron chi connectivity index (χ4n) is 3.17. The van der Waals surface area contributed by atoms with Gasteiger partial charge in [0.05, 0.1) is 22.3 Å². The Hall–Kier alpha value is -3.62. The van der Waals surface area contributed by atoms with Gasteiger partial charge in [0.25, 0.3) is 5.56 Å². The summed E-state index contributed by atoms with van der Waals surface area (Å²) < 4.78 is 1.42. The molecule has 0 atom stereocenters. The van der Waals surface area contributed by atoms with Crippen molar-refractivity contribution in [1.29, 1.82) is 0 Å². The highest BCUT2D eigenvalue weighted by atomic mass is 35.5. The van der Waals surface area contributed by atoms with Crippen molar-refractivity contribution in [3.8, 4) is 5.69 Å². The van der Waals surface area contributed by atoms with E-state index in [9.17, 15) is 14.4 Å². The molecule has 4 aromatic rings. The van der Waals surface area contributed by atoms with Crippen LogP contribution in [0.15, 0.2) is 88.8 Å². The fourth-order valence-corrected chi connectivity index (χ4v) is 4.16. The number of urea groups is 1. The minimum Gasteiger partial charge on any atom is -0.334 e. The third kappa shape index (κ3) is 5.60. The van der Waals surface area contributed by atoms with E-state index < -0.39 is 11.9 Å². The lowest BCUT2D eigenvalue weighted by Gasteiger charge is -2.13. The standard InChI is InChI=1S/C24H19ClN4O3S/c25-17-9-6-10-18(13-17)29-22(31)19-11-4-5-12-20(19)27-24(29)33-15-21(30)28-23(32)26-14-16-7-2-1-3-8-16/h1-13H,14-15H2,(H2,26,28,30,32). The third-order valence-corrected chi connectivity index (χ3v) is 5.87. The van der Waals surface area contributed by atoms with Crippen molar-refractivity contribution in [2.24, 2.45) is 0 Å². The van der Waals surface area contributed by atoms with E-state index in [1.54, 1.807) is 48.5 Å².